The van der Waals surface area contributed by atoms with Crippen LogP contribution in [0.5, 0.6) is 0 Å². The number of likely N-dealkylation sites (N-methyl/N-ethyl adjacent to an activating group) is 1. The molecular formula is C23H36N10O4. The number of urea groups is 1. The van der Waals surface area contributed by atoms with Gasteiger partial charge in [-0.3, -0.25) is 4.79 Å². The number of rotatable bonds is 6. The quantitative estimate of drug-likeness (QED) is 0.265. The van der Waals surface area contributed by atoms with Gasteiger partial charge in [0.25, 0.3) is 0 Å². The Labute approximate surface area is 214 Å². The summed E-state index contributed by atoms with van der Waals surface area (Å²) in [5.74, 6) is 0.433. The highest BCUT2D eigenvalue weighted by molar-refractivity contribution is 5.83. The Morgan fingerprint density at radius 3 is 2.51 bits per heavy atom. The van der Waals surface area contributed by atoms with Crippen molar-refractivity contribution in [2.75, 3.05) is 43.9 Å². The minimum absolute atomic E-state index is 0.0562. The summed E-state index contributed by atoms with van der Waals surface area (Å²) in [6, 6.07) is -1.19. The molecule has 2 aromatic rings. The van der Waals surface area contributed by atoms with Gasteiger partial charge in [0.2, 0.25) is 11.9 Å². The number of carbonyl (C=O) groups excluding carboxylic acids is 2. The van der Waals surface area contributed by atoms with E-state index >= 15 is 0 Å². The number of anilines is 2. The molecule has 2 aromatic heterocycles. The van der Waals surface area contributed by atoms with Crippen LogP contribution in [0.25, 0.3) is 11.2 Å². The molecule has 37 heavy (non-hydrogen) atoms. The average Bonchev–Trinajstić information content (AvgIpc) is 3.64. The number of hydrogen-bond donors (Lipinski definition) is 6. The summed E-state index contributed by atoms with van der Waals surface area (Å²) < 4.78 is 1.70. The van der Waals surface area contributed by atoms with E-state index < -0.39 is 24.3 Å². The Hall–Kier alpha value is -3.23. The van der Waals surface area contributed by atoms with Crippen LogP contribution in [-0.2, 0) is 4.79 Å². The smallest absolute Gasteiger partial charge is 0.315 e. The van der Waals surface area contributed by atoms with Gasteiger partial charge in [-0.2, -0.15) is 9.97 Å². The summed E-state index contributed by atoms with van der Waals surface area (Å²) in [4.78, 5) is 42.0. The average molecular weight is 517 g/mol. The third-order valence-corrected chi connectivity index (χ3v) is 7.65. The van der Waals surface area contributed by atoms with Gasteiger partial charge in [0.05, 0.1) is 18.4 Å². The van der Waals surface area contributed by atoms with Gasteiger partial charge in [0, 0.05) is 38.1 Å². The first-order chi connectivity index (χ1) is 17.7. The number of carbonyl (C=O) groups is 2. The second-order valence-electron chi connectivity index (χ2n) is 10.3. The zero-order chi connectivity index (χ0) is 26.3. The second kappa shape index (κ2) is 10.3. The van der Waals surface area contributed by atoms with Crippen molar-refractivity contribution in [3.8, 4) is 0 Å². The summed E-state index contributed by atoms with van der Waals surface area (Å²) in [5.41, 5.74) is 7.07. The number of nitrogens with one attached hydrogen (secondary N) is 3. The minimum atomic E-state index is -1.11. The molecular weight excluding hydrogens is 480 g/mol. The molecule has 2 saturated heterocycles. The Kier molecular flexibility index (Phi) is 7.05. The molecule has 14 heteroatoms. The fourth-order valence-electron chi connectivity index (χ4n) is 5.57. The first-order valence-corrected chi connectivity index (χ1v) is 12.9. The maximum Gasteiger partial charge on any atom is 0.315 e. The molecule has 14 nitrogen and oxygen atoms in total. The second-order valence-corrected chi connectivity index (χ2v) is 10.3. The van der Waals surface area contributed by atoms with E-state index in [1.807, 2.05) is 11.9 Å². The van der Waals surface area contributed by atoms with Crippen molar-refractivity contribution in [1.29, 1.82) is 0 Å². The van der Waals surface area contributed by atoms with Gasteiger partial charge < -0.3 is 46.3 Å². The van der Waals surface area contributed by atoms with Crippen LogP contribution >= 0.6 is 0 Å². The van der Waals surface area contributed by atoms with Gasteiger partial charge in [-0.1, -0.05) is 6.92 Å². The number of aromatic nitrogens is 4. The van der Waals surface area contributed by atoms with Gasteiger partial charge in [-0.25, -0.2) is 9.78 Å². The van der Waals surface area contributed by atoms with Crippen LogP contribution in [-0.4, -0.2) is 110 Å². The number of aliphatic hydroxyl groups is 2. The zero-order valence-corrected chi connectivity index (χ0v) is 21.2. The lowest BCUT2D eigenvalue weighted by molar-refractivity contribution is -0.122. The van der Waals surface area contributed by atoms with E-state index in [1.54, 1.807) is 11.5 Å². The Morgan fingerprint density at radius 1 is 1.08 bits per heavy atom. The van der Waals surface area contributed by atoms with Crippen molar-refractivity contribution in [3.05, 3.63) is 6.33 Å². The van der Waals surface area contributed by atoms with Crippen molar-refractivity contribution in [2.45, 2.75) is 69.0 Å². The van der Waals surface area contributed by atoms with E-state index in [-0.39, 0.29) is 36.3 Å². The lowest BCUT2D eigenvalue weighted by atomic mass is 10.2. The number of aliphatic hydroxyl groups excluding tert-OH is 2. The molecule has 0 radical (unpaired) electrons. The molecule has 2 aliphatic heterocycles. The third-order valence-electron chi connectivity index (χ3n) is 7.65. The Balaban J connectivity index is 1.28. The van der Waals surface area contributed by atoms with E-state index in [9.17, 15) is 19.8 Å². The lowest BCUT2D eigenvalue weighted by Gasteiger charge is -2.20. The van der Waals surface area contributed by atoms with Gasteiger partial charge in [-0.15, -0.1) is 0 Å². The maximum atomic E-state index is 12.5. The highest BCUT2D eigenvalue weighted by Gasteiger charge is 2.43. The lowest BCUT2D eigenvalue weighted by Crippen LogP contribution is -2.47. The molecule has 1 aliphatic carbocycles. The van der Waals surface area contributed by atoms with E-state index in [0.29, 0.717) is 36.6 Å². The van der Waals surface area contributed by atoms with E-state index in [0.717, 1.165) is 25.9 Å². The summed E-state index contributed by atoms with van der Waals surface area (Å²) in [5, 5.41) is 30.1. The van der Waals surface area contributed by atoms with Gasteiger partial charge in [0.15, 0.2) is 11.5 Å². The monoisotopic (exact) mass is 516 g/mol. The molecule has 0 spiro atoms. The zero-order valence-electron chi connectivity index (χ0n) is 21.2. The van der Waals surface area contributed by atoms with Crippen LogP contribution in [0.1, 0.15) is 38.6 Å². The molecule has 3 aliphatic rings. The molecule has 5 rings (SSSR count). The fourth-order valence-corrected chi connectivity index (χ4v) is 5.57. The number of amides is 3. The number of imidazole rings is 1. The van der Waals surface area contributed by atoms with Crippen molar-refractivity contribution < 1.29 is 19.8 Å². The molecule has 1 saturated carbocycles. The Bertz CT molecular complexity index is 1160. The van der Waals surface area contributed by atoms with Crippen LogP contribution in [0.15, 0.2) is 6.33 Å². The van der Waals surface area contributed by atoms with Crippen molar-refractivity contribution in [1.82, 2.24) is 40.4 Å². The van der Waals surface area contributed by atoms with Gasteiger partial charge in [0.1, 0.15) is 17.7 Å². The van der Waals surface area contributed by atoms with Crippen molar-refractivity contribution in [2.24, 2.45) is 0 Å². The van der Waals surface area contributed by atoms with Crippen LogP contribution < -0.4 is 26.6 Å². The standard InChI is InChI=1S/C23H36N10O4/c1-3-16(34)28-14-8-15(19(36)18(14)35)33-11-25-17-20(24)29-22(30-21(17)33)32-7-5-13(10-32)27-23(37)26-12-4-6-31(2)9-12/h11-15,18-19,35-36H,3-10H2,1-2H3,(H,28,34)(H2,24,29,30)(H2,26,27,37)/t12-,13-,14+,15-,18-,19+/m1/s1. The summed E-state index contributed by atoms with van der Waals surface area (Å²) in [6.45, 7) is 4.74. The largest absolute Gasteiger partial charge is 0.388 e. The van der Waals surface area contributed by atoms with E-state index in [4.69, 9.17) is 10.7 Å². The molecule has 0 unspecified atom stereocenters. The predicted molar refractivity (Wildman–Crippen MR) is 136 cm³/mol. The highest BCUT2D eigenvalue weighted by atomic mass is 16.3. The van der Waals surface area contributed by atoms with Crippen LogP contribution in [0.2, 0.25) is 0 Å². The number of nitrogen functional groups attached to an aromatic ring is 1. The summed E-state index contributed by atoms with van der Waals surface area (Å²) in [7, 11) is 2.04. The highest BCUT2D eigenvalue weighted by Crippen LogP contribution is 2.34. The topological polar surface area (TPSA) is 187 Å². The molecule has 0 aromatic carbocycles. The summed E-state index contributed by atoms with van der Waals surface area (Å²) in [6.07, 6.45) is 1.60. The van der Waals surface area contributed by atoms with E-state index in [1.165, 1.54) is 6.33 Å². The number of nitrogens with zero attached hydrogens (tertiary/aromatic N) is 6. The third kappa shape index (κ3) is 5.13. The molecule has 7 N–H and O–H groups in total. The molecule has 3 fully saturated rings. The number of hydrogen-bond acceptors (Lipinski definition) is 10. The van der Waals surface area contributed by atoms with Crippen molar-refractivity contribution >= 4 is 34.9 Å². The molecule has 4 heterocycles. The number of nitrogens with two attached hydrogens (primary N) is 1. The fraction of sp³-hybridized carbons (Fsp3) is 0.696. The maximum absolute atomic E-state index is 12.5. The SMILES string of the molecule is CCC(=O)N[C@H]1C[C@@H](n2cnc3c(N)nc(N4CC[C@@H](NC(=O)N[C@@H]5CCN(C)C5)C4)nc32)[C@H](O)[C@@H]1O. The normalized spacial score (nSPS) is 30.2. The van der Waals surface area contributed by atoms with E-state index in [2.05, 4.69) is 30.8 Å². The Morgan fingerprint density at radius 2 is 1.81 bits per heavy atom. The van der Waals surface area contributed by atoms with Crippen LogP contribution in [0.3, 0.4) is 0 Å². The number of likely N-dealkylation sites (tertiary alicyclic amines) is 1. The van der Waals surface area contributed by atoms with Crippen molar-refractivity contribution in [3.63, 3.8) is 0 Å². The molecule has 0 bridgehead atoms. The first-order valence-electron chi connectivity index (χ1n) is 12.9. The number of fused-ring (bicyclic) bond motifs is 1. The van der Waals surface area contributed by atoms with Crippen LogP contribution in [0.4, 0.5) is 16.6 Å². The minimum Gasteiger partial charge on any atom is -0.388 e. The summed E-state index contributed by atoms with van der Waals surface area (Å²) >= 11 is 0. The molecule has 202 valence electrons. The predicted octanol–water partition coefficient (Wildman–Crippen LogP) is -1.45. The molecule has 3 amide bonds. The van der Waals surface area contributed by atoms with Gasteiger partial charge >= 0.3 is 6.03 Å². The first kappa shape index (κ1) is 25.4. The van der Waals surface area contributed by atoms with Crippen LogP contribution in [0, 0.1) is 0 Å². The van der Waals surface area contributed by atoms with Gasteiger partial charge in [-0.05, 0) is 32.9 Å². The molecule has 6 atom stereocenters.